The summed E-state index contributed by atoms with van der Waals surface area (Å²) in [6.07, 6.45) is 5.93. The van der Waals surface area contributed by atoms with Gasteiger partial charge in [0, 0.05) is 28.0 Å². The summed E-state index contributed by atoms with van der Waals surface area (Å²) in [5, 5.41) is 36.7. The van der Waals surface area contributed by atoms with Crippen LogP contribution in [0.2, 0.25) is 0 Å². The molecule has 2 N–H and O–H groups in total. The minimum absolute atomic E-state index is 0.00401. The van der Waals surface area contributed by atoms with Gasteiger partial charge in [-0.1, -0.05) is 12.6 Å². The fraction of sp³-hybridized carbons (Fsp3) is 0.385. The number of hydrogen-bond acceptors (Lipinski definition) is 5. The molecule has 6 nitrogen and oxygen atoms in total. The van der Waals surface area contributed by atoms with Crippen molar-refractivity contribution in [1.29, 1.82) is 0 Å². The quantitative estimate of drug-likeness (QED) is 0.364. The maximum atomic E-state index is 11.8. The molecule has 8 rings (SSSR count). The predicted molar refractivity (Wildman–Crippen MR) is 126 cm³/mol. The van der Waals surface area contributed by atoms with Gasteiger partial charge < -0.3 is 10.2 Å². The molecular formula is C26H24N2O4S. The number of hydrogen-bond donors (Lipinski definition) is 2. The summed E-state index contributed by atoms with van der Waals surface area (Å²) >= 11 is 1.74. The molecule has 0 atom stereocenters. The number of rotatable bonds is 2. The van der Waals surface area contributed by atoms with Crippen LogP contribution in [0.1, 0.15) is 53.7 Å². The number of nitro groups is 1. The molecule has 168 valence electrons. The second-order valence-corrected chi connectivity index (χ2v) is 11.2. The molecule has 4 saturated carbocycles. The lowest BCUT2D eigenvalue weighted by Crippen LogP contribution is -2.56. The van der Waals surface area contributed by atoms with Gasteiger partial charge >= 0.3 is 0 Å². The van der Waals surface area contributed by atoms with Crippen molar-refractivity contribution in [2.45, 2.75) is 37.5 Å². The van der Waals surface area contributed by atoms with Crippen LogP contribution >= 0.6 is 11.3 Å². The topological polar surface area (TPSA) is 88.5 Å². The van der Waals surface area contributed by atoms with Gasteiger partial charge in [0.2, 0.25) is 11.8 Å². The third-order valence-corrected chi connectivity index (χ3v) is 9.99. The standard InChI is InChI=1S/C26H24N2O4S/c1-13-20-5-6-33-23(20)26(16-8-14-7-15(10-16)11-17(26)9-14)22-21(13)24(29)27(25(22)30)18-3-2-4-19(12-18)28(31)32/h2-6,12,14-17,29-30H,1,7-11H2. The van der Waals surface area contributed by atoms with Gasteiger partial charge in [0.1, 0.15) is 0 Å². The van der Waals surface area contributed by atoms with E-state index in [9.17, 15) is 20.3 Å². The molecule has 5 aliphatic carbocycles. The smallest absolute Gasteiger partial charge is 0.271 e. The zero-order chi connectivity index (χ0) is 22.6. The Hall–Kier alpha value is -3.06. The molecule has 33 heavy (non-hydrogen) atoms. The van der Waals surface area contributed by atoms with Crippen LogP contribution in [0, 0.1) is 33.8 Å². The molecule has 1 aromatic carbocycles. The summed E-state index contributed by atoms with van der Waals surface area (Å²) in [5.74, 6) is 2.26. The van der Waals surface area contributed by atoms with E-state index in [1.54, 1.807) is 23.5 Å². The fourth-order valence-electron chi connectivity index (χ4n) is 8.04. The Labute approximate surface area is 195 Å². The number of nitro benzene ring substituents is 1. The fourth-order valence-corrected chi connectivity index (χ4v) is 9.33. The zero-order valence-electron chi connectivity index (χ0n) is 18.0. The van der Waals surface area contributed by atoms with Crippen molar-refractivity contribution >= 4 is 22.6 Å². The van der Waals surface area contributed by atoms with E-state index >= 15 is 0 Å². The summed E-state index contributed by atoms with van der Waals surface area (Å²) in [7, 11) is 0. The van der Waals surface area contributed by atoms with Gasteiger partial charge in [-0.05, 0) is 84.4 Å². The van der Waals surface area contributed by atoms with Crippen molar-refractivity contribution in [3.8, 4) is 17.4 Å². The Morgan fingerprint density at radius 2 is 1.76 bits per heavy atom. The summed E-state index contributed by atoms with van der Waals surface area (Å²) < 4.78 is 1.38. The van der Waals surface area contributed by atoms with E-state index in [1.165, 1.54) is 28.0 Å². The lowest BCUT2D eigenvalue weighted by molar-refractivity contribution is -0.384. The number of aromatic hydroxyl groups is 2. The minimum Gasteiger partial charge on any atom is -0.494 e. The van der Waals surface area contributed by atoms with Crippen LogP contribution in [0.5, 0.6) is 11.8 Å². The molecule has 0 saturated heterocycles. The van der Waals surface area contributed by atoms with E-state index in [0.717, 1.165) is 54.2 Å². The summed E-state index contributed by atoms with van der Waals surface area (Å²) in [6.45, 7) is 4.33. The van der Waals surface area contributed by atoms with E-state index in [2.05, 4.69) is 18.0 Å². The zero-order valence-corrected chi connectivity index (χ0v) is 18.8. The molecule has 2 heterocycles. The number of thiophene rings is 1. The SMILES string of the molecule is C=C1c2ccsc2C2(c3c1c(O)n(-c1cccc([N+](=O)[O-])c1)c3O)C1CC3CC(C1)CC2C3. The first-order chi connectivity index (χ1) is 15.9. The summed E-state index contributed by atoms with van der Waals surface area (Å²) in [6, 6.07) is 8.17. The largest absolute Gasteiger partial charge is 0.494 e. The van der Waals surface area contributed by atoms with E-state index in [1.807, 2.05) is 0 Å². The van der Waals surface area contributed by atoms with Crippen molar-refractivity contribution in [3.63, 3.8) is 0 Å². The third kappa shape index (κ3) is 2.24. The lowest BCUT2D eigenvalue weighted by atomic mass is 9.42. The number of non-ortho nitro benzene ring substituents is 1. The van der Waals surface area contributed by atoms with Crippen molar-refractivity contribution in [1.82, 2.24) is 4.57 Å². The first kappa shape index (κ1) is 19.4. The van der Waals surface area contributed by atoms with Crippen LogP contribution in [-0.2, 0) is 5.41 Å². The molecule has 5 aliphatic rings. The van der Waals surface area contributed by atoms with Gasteiger partial charge in [-0.15, -0.1) is 11.3 Å². The molecule has 0 unspecified atom stereocenters. The molecule has 3 aromatic rings. The maximum Gasteiger partial charge on any atom is 0.271 e. The van der Waals surface area contributed by atoms with Crippen molar-refractivity contribution in [2.24, 2.45) is 23.7 Å². The van der Waals surface area contributed by atoms with Crippen LogP contribution in [0.15, 0.2) is 42.3 Å². The summed E-state index contributed by atoms with van der Waals surface area (Å²) in [4.78, 5) is 12.2. The monoisotopic (exact) mass is 460 g/mol. The second kappa shape index (κ2) is 6.29. The van der Waals surface area contributed by atoms with Crippen LogP contribution in [0.4, 0.5) is 5.69 Å². The number of aromatic nitrogens is 1. The average molecular weight is 461 g/mol. The Balaban J connectivity index is 1.54. The van der Waals surface area contributed by atoms with Crippen LogP contribution < -0.4 is 0 Å². The van der Waals surface area contributed by atoms with Gasteiger partial charge in [-0.2, -0.15) is 0 Å². The van der Waals surface area contributed by atoms with E-state index < -0.39 is 4.92 Å². The molecule has 4 bridgehead atoms. The number of benzene rings is 1. The van der Waals surface area contributed by atoms with E-state index in [4.69, 9.17) is 0 Å². The van der Waals surface area contributed by atoms with Crippen molar-refractivity contribution in [3.05, 3.63) is 74.0 Å². The second-order valence-electron chi connectivity index (χ2n) is 10.3. The first-order valence-corrected chi connectivity index (χ1v) is 12.5. The molecule has 0 amide bonds. The third-order valence-electron chi connectivity index (χ3n) is 8.93. The highest BCUT2D eigenvalue weighted by Gasteiger charge is 2.63. The maximum absolute atomic E-state index is 11.8. The number of fused-ring (bicyclic) bond motifs is 2. The normalized spacial score (nSPS) is 31.1. The Morgan fingerprint density at radius 1 is 1.06 bits per heavy atom. The number of nitrogens with zero attached hydrogens (tertiary/aromatic N) is 2. The van der Waals surface area contributed by atoms with Crippen molar-refractivity contribution < 1.29 is 15.1 Å². The highest BCUT2D eigenvalue weighted by Crippen LogP contribution is 2.71. The van der Waals surface area contributed by atoms with Crippen molar-refractivity contribution in [2.75, 3.05) is 0 Å². The first-order valence-electron chi connectivity index (χ1n) is 11.6. The Morgan fingerprint density at radius 3 is 2.42 bits per heavy atom. The van der Waals surface area contributed by atoms with Gasteiger partial charge in [-0.3, -0.25) is 14.7 Å². The predicted octanol–water partition coefficient (Wildman–Crippen LogP) is 5.98. The average Bonchev–Trinajstić information content (AvgIpc) is 3.37. The van der Waals surface area contributed by atoms with E-state index in [-0.39, 0.29) is 22.9 Å². The molecule has 0 aliphatic heterocycles. The molecule has 0 radical (unpaired) electrons. The van der Waals surface area contributed by atoms with Gasteiger partial charge in [0.25, 0.3) is 5.69 Å². The van der Waals surface area contributed by atoms with Gasteiger partial charge in [0.05, 0.1) is 16.2 Å². The molecule has 2 aromatic heterocycles. The summed E-state index contributed by atoms with van der Waals surface area (Å²) in [5.41, 5.74) is 3.16. The van der Waals surface area contributed by atoms with Crippen LogP contribution in [0.3, 0.4) is 0 Å². The van der Waals surface area contributed by atoms with Crippen LogP contribution in [0.25, 0.3) is 11.3 Å². The molecule has 4 fully saturated rings. The van der Waals surface area contributed by atoms with E-state index in [0.29, 0.717) is 23.1 Å². The molecular weight excluding hydrogens is 436 g/mol. The lowest BCUT2D eigenvalue weighted by Gasteiger charge is -2.62. The molecule has 1 spiro atoms. The van der Waals surface area contributed by atoms with Crippen LogP contribution in [-0.4, -0.2) is 19.7 Å². The Kier molecular flexibility index (Phi) is 3.70. The Bertz CT molecular complexity index is 1340. The highest BCUT2D eigenvalue weighted by atomic mass is 32.1. The van der Waals surface area contributed by atoms with Gasteiger partial charge in [0.15, 0.2) is 0 Å². The highest BCUT2D eigenvalue weighted by molar-refractivity contribution is 7.10. The minimum atomic E-state index is -0.462. The van der Waals surface area contributed by atoms with Gasteiger partial charge in [-0.25, -0.2) is 0 Å². The molecule has 7 heteroatoms.